The molecule has 6 N–H and O–H groups in total. The summed E-state index contributed by atoms with van der Waals surface area (Å²) in [5, 5.41) is 22.3. The first-order chi connectivity index (χ1) is 16.6. The van der Waals surface area contributed by atoms with E-state index in [1.807, 2.05) is 0 Å². The molecule has 0 aliphatic carbocycles. The van der Waals surface area contributed by atoms with Crippen LogP contribution in [-0.4, -0.2) is 56.2 Å². The number of rotatable bonds is 5. The molecule has 6 unspecified atom stereocenters. The molecule has 0 radical (unpaired) electrons. The van der Waals surface area contributed by atoms with Gasteiger partial charge >= 0.3 is 13.5 Å². The van der Waals surface area contributed by atoms with Gasteiger partial charge in [-0.2, -0.15) is 0 Å². The number of nitrogens with zero attached hydrogens (tertiary/aromatic N) is 2. The lowest BCUT2D eigenvalue weighted by Gasteiger charge is -2.30. The number of nitrogen functional groups attached to an aromatic ring is 1. The van der Waals surface area contributed by atoms with Gasteiger partial charge in [0.1, 0.15) is 17.8 Å². The third kappa shape index (κ3) is 4.50. The lowest BCUT2D eigenvalue weighted by Crippen LogP contribution is -2.53. The van der Waals surface area contributed by atoms with E-state index in [4.69, 9.17) is 35.6 Å². The van der Waals surface area contributed by atoms with Gasteiger partial charge in [-0.15, -0.1) is 0 Å². The predicted molar refractivity (Wildman–Crippen MR) is 121 cm³/mol. The topological polar surface area (TPSA) is 186 Å². The maximum atomic E-state index is 13.1. The zero-order valence-electron chi connectivity index (χ0n) is 18.5. The van der Waals surface area contributed by atoms with E-state index in [1.165, 1.54) is 17.8 Å². The molecule has 0 amide bonds. The number of H-pyrrole nitrogens is 2. The Kier molecular flexibility index (Phi) is 6.22. The Morgan fingerprint density at radius 1 is 1.46 bits per heavy atom. The summed E-state index contributed by atoms with van der Waals surface area (Å²) in [6, 6.07) is 6.97. The van der Waals surface area contributed by atoms with Gasteiger partial charge in [0, 0.05) is 11.4 Å². The van der Waals surface area contributed by atoms with E-state index in [0.717, 1.165) is 5.56 Å². The minimum Gasteiger partial charge on any atom is -0.387 e. The number of anilines is 1. The van der Waals surface area contributed by atoms with Crippen molar-refractivity contribution < 1.29 is 37.7 Å². The molecule has 0 bridgehead atoms. The molecule has 2 saturated heterocycles. The molecule has 35 heavy (non-hydrogen) atoms. The van der Waals surface area contributed by atoms with Gasteiger partial charge in [0.25, 0.3) is 11.5 Å². The van der Waals surface area contributed by atoms with Crippen molar-refractivity contribution in [1.29, 1.82) is 0 Å². The molecule has 2 aliphatic rings. The van der Waals surface area contributed by atoms with Gasteiger partial charge in [0.2, 0.25) is 11.7 Å². The summed E-state index contributed by atoms with van der Waals surface area (Å²) in [6.45, 7) is 1.07. The highest BCUT2D eigenvalue weighted by Crippen LogP contribution is 2.57. The Balaban J connectivity index is 1.33. The molecular formula is C20H24ClN5O8P+. The molecule has 5 rings (SSSR count). The SMILES string of the molecule is CC1(O)C(O)C(COP2(=O)OCCC(c3cccc(Cl)c3)O2)OC1[n+]1c[nH]c2c(=O)[nH]c(N)nc21. The number of nitrogens with one attached hydrogen (secondary N) is 2. The number of aromatic amines is 2. The fourth-order valence-electron chi connectivity index (χ4n) is 4.22. The molecule has 0 spiro atoms. The van der Waals surface area contributed by atoms with Crippen molar-refractivity contribution in [3.63, 3.8) is 0 Å². The fraction of sp³-hybridized carbons (Fsp3) is 0.450. The smallest absolute Gasteiger partial charge is 0.387 e. The van der Waals surface area contributed by atoms with E-state index in [-0.39, 0.29) is 23.7 Å². The molecule has 0 saturated carbocycles. The highest BCUT2D eigenvalue weighted by molar-refractivity contribution is 7.48. The number of benzene rings is 1. The summed E-state index contributed by atoms with van der Waals surface area (Å²) in [5.41, 5.74) is 4.24. The van der Waals surface area contributed by atoms with E-state index in [9.17, 15) is 19.6 Å². The third-order valence-electron chi connectivity index (χ3n) is 6.02. The van der Waals surface area contributed by atoms with Crippen molar-refractivity contribution >= 4 is 36.5 Å². The zero-order valence-corrected chi connectivity index (χ0v) is 20.1. The standard InChI is InChI=1S/C20H23ClN5O8P/c1-20(29)15(27)13(33-18(20)26-9-23-14-16(26)24-19(22)25-17(14)28)8-32-35(30)31-6-5-12(34-35)10-3-2-4-11(21)7-10/h2-4,7,9,12-13,15,18,27,29H,5-6,8H2,1H3,(H3,22,24,25,28)/p+1. The maximum Gasteiger partial charge on any atom is 0.475 e. The minimum atomic E-state index is -4.01. The van der Waals surface area contributed by atoms with Crippen LogP contribution in [0.3, 0.4) is 0 Å². The Morgan fingerprint density at radius 3 is 3.03 bits per heavy atom. The van der Waals surface area contributed by atoms with Crippen molar-refractivity contribution in [2.75, 3.05) is 18.9 Å². The second-order valence-electron chi connectivity index (χ2n) is 8.54. The predicted octanol–water partition coefficient (Wildman–Crippen LogP) is 1.09. The quantitative estimate of drug-likeness (QED) is 0.237. The van der Waals surface area contributed by atoms with Gasteiger partial charge < -0.3 is 20.7 Å². The van der Waals surface area contributed by atoms with Crippen LogP contribution in [0.2, 0.25) is 5.02 Å². The first-order valence-electron chi connectivity index (χ1n) is 10.7. The second-order valence-corrected chi connectivity index (χ2v) is 10.6. The molecule has 4 heterocycles. The van der Waals surface area contributed by atoms with Crippen molar-refractivity contribution in [3.05, 3.63) is 51.5 Å². The summed E-state index contributed by atoms with van der Waals surface area (Å²) in [5.74, 6) is -0.132. The molecule has 2 fully saturated rings. The number of aliphatic hydroxyl groups excluding tert-OH is 1. The summed E-state index contributed by atoms with van der Waals surface area (Å²) in [4.78, 5) is 21.3. The van der Waals surface area contributed by atoms with Crippen LogP contribution in [-0.2, 0) is 22.9 Å². The van der Waals surface area contributed by atoms with E-state index in [2.05, 4.69) is 15.0 Å². The number of nitrogens with two attached hydrogens (primary N) is 1. The number of aliphatic hydroxyl groups is 2. The average Bonchev–Trinajstić information content (AvgIpc) is 3.31. The van der Waals surface area contributed by atoms with Gasteiger partial charge in [-0.3, -0.25) is 28.3 Å². The first-order valence-corrected chi connectivity index (χ1v) is 12.6. The average molecular weight is 529 g/mol. The number of phosphoric ester groups is 1. The summed E-state index contributed by atoms with van der Waals surface area (Å²) in [7, 11) is -4.01. The Hall–Kier alpha value is -2.35. The number of hydrogen-bond acceptors (Lipinski definition) is 10. The molecule has 6 atom stereocenters. The molecule has 1 aromatic carbocycles. The van der Waals surface area contributed by atoms with Gasteiger partial charge in [0.15, 0.2) is 6.33 Å². The van der Waals surface area contributed by atoms with Crippen molar-refractivity contribution in [3.8, 4) is 0 Å². The Morgan fingerprint density at radius 2 is 2.26 bits per heavy atom. The minimum absolute atomic E-state index is 0.105. The molecule has 15 heteroatoms. The lowest BCUT2D eigenvalue weighted by molar-refractivity contribution is -0.751. The van der Waals surface area contributed by atoms with E-state index < -0.39 is 50.1 Å². The fourth-order valence-corrected chi connectivity index (χ4v) is 5.82. The Bertz CT molecular complexity index is 1360. The molecule has 2 aliphatic heterocycles. The van der Waals surface area contributed by atoms with Gasteiger partial charge in [-0.05, 0) is 24.6 Å². The highest BCUT2D eigenvalue weighted by Gasteiger charge is 2.56. The maximum absolute atomic E-state index is 13.1. The lowest BCUT2D eigenvalue weighted by atomic mass is 9.96. The van der Waals surface area contributed by atoms with Crippen LogP contribution in [0.4, 0.5) is 5.95 Å². The highest BCUT2D eigenvalue weighted by atomic mass is 35.5. The van der Waals surface area contributed by atoms with Crippen molar-refractivity contribution in [2.24, 2.45) is 0 Å². The summed E-state index contributed by atoms with van der Waals surface area (Å²) >= 11 is 6.04. The van der Waals surface area contributed by atoms with Crippen LogP contribution >= 0.6 is 19.4 Å². The van der Waals surface area contributed by atoms with E-state index in [1.54, 1.807) is 24.3 Å². The number of ether oxygens (including phenoxy) is 1. The van der Waals surface area contributed by atoms with Crippen LogP contribution in [0, 0.1) is 0 Å². The second kappa shape index (κ2) is 8.95. The first kappa shape index (κ1) is 24.3. The largest absolute Gasteiger partial charge is 0.475 e. The number of phosphoric acid groups is 1. The molecule has 13 nitrogen and oxygen atoms in total. The normalized spacial score (nSPS) is 33.4. The molecule has 2 aromatic heterocycles. The number of aromatic nitrogens is 4. The van der Waals surface area contributed by atoms with Crippen LogP contribution in [0.1, 0.15) is 31.2 Å². The van der Waals surface area contributed by atoms with Crippen LogP contribution in [0.25, 0.3) is 11.2 Å². The van der Waals surface area contributed by atoms with Crippen LogP contribution < -0.4 is 15.9 Å². The van der Waals surface area contributed by atoms with Gasteiger partial charge in [0.05, 0.1) is 19.3 Å². The van der Waals surface area contributed by atoms with Gasteiger partial charge in [-0.25, -0.2) is 9.13 Å². The molecule has 3 aromatic rings. The molecular weight excluding hydrogens is 505 g/mol. The Labute approximate surface area is 203 Å². The van der Waals surface area contributed by atoms with Crippen LogP contribution in [0.15, 0.2) is 35.4 Å². The van der Waals surface area contributed by atoms with Crippen LogP contribution in [0.5, 0.6) is 0 Å². The summed E-state index contributed by atoms with van der Waals surface area (Å²) in [6.07, 6.45) is -2.50. The zero-order chi connectivity index (χ0) is 25.0. The summed E-state index contributed by atoms with van der Waals surface area (Å²) < 4.78 is 36.7. The van der Waals surface area contributed by atoms with E-state index >= 15 is 0 Å². The van der Waals surface area contributed by atoms with Gasteiger partial charge in [-0.1, -0.05) is 28.7 Å². The van der Waals surface area contributed by atoms with Crippen molar-refractivity contribution in [1.82, 2.24) is 15.0 Å². The van der Waals surface area contributed by atoms with Crippen molar-refractivity contribution in [2.45, 2.75) is 43.5 Å². The van der Waals surface area contributed by atoms with E-state index in [0.29, 0.717) is 11.4 Å². The third-order valence-corrected chi connectivity index (χ3v) is 7.73. The number of hydrogen-bond donors (Lipinski definition) is 5. The number of fused-ring (bicyclic) bond motifs is 1. The number of halogens is 1. The monoisotopic (exact) mass is 528 g/mol. The number of imidazole rings is 1. The molecule has 188 valence electrons.